The molecule has 25 heavy (non-hydrogen) atoms. The molecule has 0 aliphatic heterocycles. The fraction of sp³-hybridized carbons (Fsp3) is 0.316. The number of nitrogens with zero attached hydrogens (tertiary/aromatic N) is 1. The molecule has 0 saturated carbocycles. The molecule has 2 aromatic rings. The number of nitrogens with two attached hydrogens (primary N) is 2. The van der Waals surface area contributed by atoms with Crippen molar-refractivity contribution in [3.63, 3.8) is 0 Å². The van der Waals surface area contributed by atoms with Crippen LogP contribution in [0, 0.1) is 5.41 Å². The summed E-state index contributed by atoms with van der Waals surface area (Å²) < 4.78 is 0.849. The molecule has 0 fully saturated rings. The van der Waals surface area contributed by atoms with E-state index in [0.29, 0.717) is 5.69 Å². The van der Waals surface area contributed by atoms with Gasteiger partial charge in [0.2, 0.25) is 0 Å². The average Bonchev–Trinajstić information content (AvgIpc) is 2.57. The van der Waals surface area contributed by atoms with Gasteiger partial charge in [-0.05, 0) is 33.5 Å². The molecule has 0 atom stereocenters. The molecule has 0 bridgehead atoms. The van der Waals surface area contributed by atoms with Gasteiger partial charge in [-0.25, -0.2) is 5.84 Å². The van der Waals surface area contributed by atoms with E-state index < -0.39 is 0 Å². The lowest BCUT2D eigenvalue weighted by Crippen LogP contribution is -2.38. The predicted molar refractivity (Wildman–Crippen MR) is 111 cm³/mol. The maximum atomic E-state index is 10.0. The topological polar surface area (TPSA) is 84.4 Å². The number of nitrogens with one attached hydrogen (secondary N) is 1. The highest BCUT2D eigenvalue weighted by Gasteiger charge is 2.17. The molecule has 0 unspecified atom stereocenters. The summed E-state index contributed by atoms with van der Waals surface area (Å²) >= 11 is 3.47. The normalized spacial score (nSPS) is 10.5. The average molecular weight is 407 g/mol. The Balaban J connectivity index is 0.000000324. The van der Waals surface area contributed by atoms with Gasteiger partial charge in [-0.1, -0.05) is 51.1 Å². The number of halogens is 1. The van der Waals surface area contributed by atoms with Crippen LogP contribution in [-0.2, 0) is 0 Å². The van der Waals surface area contributed by atoms with Gasteiger partial charge < -0.3 is 16.1 Å². The highest BCUT2D eigenvalue weighted by atomic mass is 79.9. The Morgan fingerprint density at radius 1 is 1.16 bits per heavy atom. The zero-order valence-electron chi connectivity index (χ0n) is 15.2. The Morgan fingerprint density at radius 3 is 2.20 bits per heavy atom. The van der Waals surface area contributed by atoms with E-state index in [1.165, 1.54) is 0 Å². The van der Waals surface area contributed by atoms with E-state index in [9.17, 15) is 4.79 Å². The summed E-state index contributed by atoms with van der Waals surface area (Å²) in [5.74, 6) is 6.05. The molecule has 0 aromatic heterocycles. The molecule has 0 amide bonds. The Labute approximate surface area is 158 Å². The first-order valence-corrected chi connectivity index (χ1v) is 8.77. The van der Waals surface area contributed by atoms with E-state index in [1.807, 2.05) is 37.4 Å². The summed E-state index contributed by atoms with van der Waals surface area (Å²) in [6, 6.07) is 13.0. The Morgan fingerprint density at radius 2 is 1.76 bits per heavy atom. The number of benzene rings is 2. The van der Waals surface area contributed by atoms with E-state index in [2.05, 4.69) is 42.0 Å². The predicted octanol–water partition coefficient (Wildman–Crippen LogP) is 4.30. The van der Waals surface area contributed by atoms with Crippen molar-refractivity contribution in [3.05, 3.63) is 52.5 Å². The van der Waals surface area contributed by atoms with Gasteiger partial charge in [-0.15, -0.1) is 0 Å². The Kier molecular flexibility index (Phi) is 7.93. The lowest BCUT2D eigenvalue weighted by Gasteiger charge is -2.29. The lowest BCUT2D eigenvalue weighted by atomic mass is 9.96. The SMILES string of the molecule is CNc1ccc(N(N)CC(C)(C)C)c(N)c1Br.O=Cc1ccccc1. The van der Waals surface area contributed by atoms with E-state index in [1.54, 1.807) is 17.1 Å². The third-order valence-electron chi connectivity index (χ3n) is 3.32. The summed E-state index contributed by atoms with van der Waals surface area (Å²) in [4.78, 5) is 10.0. The molecule has 5 nitrogen and oxygen atoms in total. The second kappa shape index (κ2) is 9.44. The van der Waals surface area contributed by atoms with Crippen LogP contribution in [0.1, 0.15) is 31.1 Å². The van der Waals surface area contributed by atoms with Crippen LogP contribution in [0.2, 0.25) is 0 Å². The van der Waals surface area contributed by atoms with Crippen LogP contribution in [0.4, 0.5) is 17.1 Å². The van der Waals surface area contributed by atoms with E-state index in [-0.39, 0.29) is 5.41 Å². The smallest absolute Gasteiger partial charge is 0.150 e. The second-order valence-electron chi connectivity index (χ2n) is 6.83. The third-order valence-corrected chi connectivity index (χ3v) is 4.17. The Bertz CT molecular complexity index is 684. The zero-order chi connectivity index (χ0) is 19.0. The van der Waals surface area contributed by atoms with Crippen molar-refractivity contribution in [3.8, 4) is 0 Å². The molecule has 0 heterocycles. The summed E-state index contributed by atoms with van der Waals surface area (Å²) in [7, 11) is 1.86. The van der Waals surface area contributed by atoms with Crippen molar-refractivity contribution in [1.29, 1.82) is 0 Å². The van der Waals surface area contributed by atoms with Gasteiger partial charge in [0.1, 0.15) is 6.29 Å². The first-order chi connectivity index (χ1) is 11.7. The zero-order valence-corrected chi connectivity index (χ0v) is 16.8. The fourth-order valence-electron chi connectivity index (χ4n) is 2.15. The molecule has 0 radical (unpaired) electrons. The molecule has 2 aromatic carbocycles. The highest BCUT2D eigenvalue weighted by Crippen LogP contribution is 2.36. The van der Waals surface area contributed by atoms with E-state index in [0.717, 1.165) is 34.2 Å². The summed E-state index contributed by atoms with van der Waals surface area (Å²) in [6.45, 7) is 7.16. The standard InChI is InChI=1S/C12H21BrN4.C7H6O/c1-12(2,3)7-17(15)9-6-5-8(16-4)10(13)11(9)14;8-6-7-4-2-1-3-5-7/h5-6,16H,7,14-15H2,1-4H3;1-6H. The van der Waals surface area contributed by atoms with Crippen LogP contribution < -0.4 is 21.9 Å². The minimum atomic E-state index is 0.120. The van der Waals surface area contributed by atoms with Crippen LogP contribution in [0.3, 0.4) is 0 Å². The van der Waals surface area contributed by atoms with Crippen molar-refractivity contribution in [2.24, 2.45) is 11.3 Å². The first kappa shape index (κ1) is 21.0. The number of aldehydes is 1. The van der Waals surface area contributed by atoms with Crippen LogP contribution in [0.5, 0.6) is 0 Å². The Hall–Kier alpha value is -2.05. The monoisotopic (exact) mass is 406 g/mol. The van der Waals surface area contributed by atoms with Gasteiger partial charge in [-0.2, -0.15) is 0 Å². The number of nitrogen functional groups attached to an aromatic ring is 1. The van der Waals surface area contributed by atoms with Crippen molar-refractivity contribution < 1.29 is 4.79 Å². The molecular weight excluding hydrogens is 380 g/mol. The van der Waals surface area contributed by atoms with Gasteiger partial charge >= 0.3 is 0 Å². The molecule has 2 rings (SSSR count). The molecule has 5 N–H and O–H groups in total. The molecule has 0 aliphatic rings. The maximum absolute atomic E-state index is 10.0. The maximum Gasteiger partial charge on any atom is 0.150 e. The summed E-state index contributed by atoms with van der Waals surface area (Å²) in [5, 5.41) is 4.76. The number of anilines is 3. The second-order valence-corrected chi connectivity index (χ2v) is 7.62. The third kappa shape index (κ3) is 6.76. The molecule has 0 aliphatic carbocycles. The van der Waals surface area contributed by atoms with Crippen LogP contribution in [-0.4, -0.2) is 19.9 Å². The molecular formula is C19H27BrN4O. The molecule has 136 valence electrons. The molecule has 6 heteroatoms. The number of hydrogen-bond donors (Lipinski definition) is 3. The van der Waals surface area contributed by atoms with Gasteiger partial charge in [0.25, 0.3) is 0 Å². The van der Waals surface area contributed by atoms with Crippen LogP contribution in [0.25, 0.3) is 0 Å². The lowest BCUT2D eigenvalue weighted by molar-refractivity contribution is 0.112. The quantitative estimate of drug-likeness (QED) is 0.305. The summed E-state index contributed by atoms with van der Waals surface area (Å²) in [6.07, 6.45) is 0.833. The molecule has 0 saturated heterocycles. The van der Waals surface area contributed by atoms with E-state index in [4.69, 9.17) is 11.6 Å². The largest absolute Gasteiger partial charge is 0.396 e. The number of rotatable bonds is 4. The number of hydrogen-bond acceptors (Lipinski definition) is 5. The van der Waals surface area contributed by atoms with Crippen molar-refractivity contribution >= 4 is 39.3 Å². The molecule has 0 spiro atoms. The van der Waals surface area contributed by atoms with Crippen molar-refractivity contribution in [2.75, 3.05) is 29.7 Å². The van der Waals surface area contributed by atoms with Crippen LogP contribution in [0.15, 0.2) is 46.9 Å². The number of hydrazine groups is 1. The van der Waals surface area contributed by atoms with Gasteiger partial charge in [0.05, 0.1) is 21.5 Å². The highest BCUT2D eigenvalue weighted by molar-refractivity contribution is 9.10. The van der Waals surface area contributed by atoms with Gasteiger partial charge in [-0.3, -0.25) is 4.79 Å². The van der Waals surface area contributed by atoms with Gasteiger partial charge in [0, 0.05) is 19.2 Å². The fourth-order valence-corrected chi connectivity index (χ4v) is 2.69. The van der Waals surface area contributed by atoms with Crippen molar-refractivity contribution in [2.45, 2.75) is 20.8 Å². The van der Waals surface area contributed by atoms with Crippen LogP contribution >= 0.6 is 15.9 Å². The first-order valence-electron chi connectivity index (χ1n) is 7.97. The van der Waals surface area contributed by atoms with Crippen molar-refractivity contribution in [1.82, 2.24) is 0 Å². The number of carbonyl (C=O) groups is 1. The summed E-state index contributed by atoms with van der Waals surface area (Å²) in [5.41, 5.74) is 9.37. The minimum Gasteiger partial charge on any atom is -0.396 e. The number of carbonyl (C=O) groups excluding carboxylic acids is 1. The van der Waals surface area contributed by atoms with E-state index >= 15 is 0 Å². The van der Waals surface area contributed by atoms with Gasteiger partial charge in [0.15, 0.2) is 0 Å². The minimum absolute atomic E-state index is 0.120.